The van der Waals surface area contributed by atoms with E-state index in [0.717, 1.165) is 18.6 Å². The standard InChI is InChI=1S/C11H16O2/c1-9-6-10(4-3-5-12)8-11(7-9)13-2/h6-8,12H,3-5H2,1-2H3. The first-order valence-electron chi connectivity index (χ1n) is 4.51. The molecule has 1 rings (SSSR count). The Bertz CT molecular complexity index is 269. The molecule has 13 heavy (non-hydrogen) atoms. The Morgan fingerprint density at radius 3 is 2.69 bits per heavy atom. The van der Waals surface area contributed by atoms with Crippen LogP contribution in [0.1, 0.15) is 17.5 Å². The van der Waals surface area contributed by atoms with Crippen LogP contribution in [0, 0.1) is 6.92 Å². The van der Waals surface area contributed by atoms with Gasteiger partial charge in [0.25, 0.3) is 0 Å². The first-order chi connectivity index (χ1) is 6.26. The van der Waals surface area contributed by atoms with Gasteiger partial charge in [-0.1, -0.05) is 6.07 Å². The van der Waals surface area contributed by atoms with Crippen LogP contribution in [0.2, 0.25) is 0 Å². The van der Waals surface area contributed by atoms with Gasteiger partial charge in [0, 0.05) is 6.61 Å². The third-order valence-electron chi connectivity index (χ3n) is 1.97. The summed E-state index contributed by atoms with van der Waals surface area (Å²) < 4.78 is 5.15. The summed E-state index contributed by atoms with van der Waals surface area (Å²) in [6.07, 6.45) is 1.72. The molecule has 0 fully saturated rings. The van der Waals surface area contributed by atoms with Gasteiger partial charge in [-0.15, -0.1) is 0 Å². The zero-order valence-electron chi connectivity index (χ0n) is 8.21. The highest BCUT2D eigenvalue weighted by atomic mass is 16.5. The molecule has 0 aliphatic rings. The van der Waals surface area contributed by atoms with Gasteiger partial charge >= 0.3 is 0 Å². The maximum Gasteiger partial charge on any atom is 0.119 e. The molecule has 0 heterocycles. The van der Waals surface area contributed by atoms with Crippen molar-refractivity contribution in [3.63, 3.8) is 0 Å². The van der Waals surface area contributed by atoms with Gasteiger partial charge in [-0.25, -0.2) is 0 Å². The first kappa shape index (κ1) is 10.1. The third kappa shape index (κ3) is 3.07. The number of aliphatic hydroxyl groups excluding tert-OH is 1. The molecule has 0 radical (unpaired) electrons. The summed E-state index contributed by atoms with van der Waals surface area (Å²) in [6.45, 7) is 2.29. The lowest BCUT2D eigenvalue weighted by Gasteiger charge is -2.05. The summed E-state index contributed by atoms with van der Waals surface area (Å²) in [5.41, 5.74) is 2.43. The lowest BCUT2D eigenvalue weighted by Crippen LogP contribution is -1.92. The molecule has 0 saturated heterocycles. The van der Waals surface area contributed by atoms with E-state index >= 15 is 0 Å². The summed E-state index contributed by atoms with van der Waals surface area (Å²) in [5, 5.41) is 8.69. The van der Waals surface area contributed by atoms with Crippen molar-refractivity contribution in [1.82, 2.24) is 0 Å². The topological polar surface area (TPSA) is 29.5 Å². The molecule has 1 aromatic carbocycles. The number of ether oxygens (including phenoxy) is 1. The first-order valence-corrected chi connectivity index (χ1v) is 4.51. The number of hydrogen-bond acceptors (Lipinski definition) is 2. The molecular weight excluding hydrogens is 164 g/mol. The molecule has 0 bridgehead atoms. The highest BCUT2D eigenvalue weighted by Gasteiger charge is 1.98. The van der Waals surface area contributed by atoms with Crippen LogP contribution in [-0.4, -0.2) is 18.8 Å². The van der Waals surface area contributed by atoms with E-state index in [1.54, 1.807) is 7.11 Å². The lowest BCUT2D eigenvalue weighted by molar-refractivity contribution is 0.288. The van der Waals surface area contributed by atoms with Crippen molar-refractivity contribution in [2.75, 3.05) is 13.7 Å². The molecule has 0 atom stereocenters. The van der Waals surface area contributed by atoms with Crippen LogP contribution < -0.4 is 4.74 Å². The number of aliphatic hydroxyl groups is 1. The number of benzene rings is 1. The van der Waals surface area contributed by atoms with Crippen molar-refractivity contribution in [3.8, 4) is 5.75 Å². The van der Waals surface area contributed by atoms with E-state index in [0.29, 0.717) is 0 Å². The SMILES string of the molecule is COc1cc(C)cc(CCCO)c1. The van der Waals surface area contributed by atoms with Crippen molar-refractivity contribution in [2.45, 2.75) is 19.8 Å². The number of rotatable bonds is 4. The van der Waals surface area contributed by atoms with Crippen molar-refractivity contribution in [1.29, 1.82) is 0 Å². The van der Waals surface area contributed by atoms with Gasteiger partial charge in [0.15, 0.2) is 0 Å². The smallest absolute Gasteiger partial charge is 0.119 e. The Labute approximate surface area is 79.2 Å². The van der Waals surface area contributed by atoms with Gasteiger partial charge in [0.1, 0.15) is 5.75 Å². The minimum atomic E-state index is 0.246. The predicted octanol–water partition coefficient (Wildman–Crippen LogP) is 1.93. The molecule has 0 spiro atoms. The van der Waals surface area contributed by atoms with Gasteiger partial charge in [0.05, 0.1) is 7.11 Å². The largest absolute Gasteiger partial charge is 0.497 e. The fourth-order valence-corrected chi connectivity index (χ4v) is 1.37. The fourth-order valence-electron chi connectivity index (χ4n) is 1.37. The van der Waals surface area contributed by atoms with Crippen molar-refractivity contribution in [2.24, 2.45) is 0 Å². The summed E-state index contributed by atoms with van der Waals surface area (Å²) in [6, 6.07) is 6.14. The minimum absolute atomic E-state index is 0.246. The molecule has 0 unspecified atom stereocenters. The van der Waals surface area contributed by atoms with Gasteiger partial charge < -0.3 is 9.84 Å². The van der Waals surface area contributed by atoms with Crippen LogP contribution in [0.4, 0.5) is 0 Å². The number of hydrogen-bond donors (Lipinski definition) is 1. The highest BCUT2D eigenvalue weighted by molar-refractivity contribution is 5.33. The summed E-state index contributed by atoms with van der Waals surface area (Å²) in [4.78, 5) is 0. The molecule has 1 N–H and O–H groups in total. The van der Waals surface area contributed by atoms with E-state index in [9.17, 15) is 0 Å². The second kappa shape index (κ2) is 4.87. The number of methoxy groups -OCH3 is 1. The summed E-state index contributed by atoms with van der Waals surface area (Å²) in [5.74, 6) is 0.896. The summed E-state index contributed by atoms with van der Waals surface area (Å²) in [7, 11) is 1.67. The molecular formula is C11H16O2. The van der Waals surface area contributed by atoms with E-state index in [2.05, 4.69) is 6.07 Å². The van der Waals surface area contributed by atoms with Gasteiger partial charge in [-0.05, 0) is 43.0 Å². The molecule has 1 aromatic rings. The Balaban J connectivity index is 2.76. The summed E-state index contributed by atoms with van der Waals surface area (Å²) >= 11 is 0. The van der Waals surface area contributed by atoms with E-state index in [-0.39, 0.29) is 6.61 Å². The Kier molecular flexibility index (Phi) is 3.77. The van der Waals surface area contributed by atoms with Crippen LogP contribution >= 0.6 is 0 Å². The Morgan fingerprint density at radius 2 is 2.08 bits per heavy atom. The third-order valence-corrected chi connectivity index (χ3v) is 1.97. The van der Waals surface area contributed by atoms with Crippen LogP contribution in [0.3, 0.4) is 0 Å². The minimum Gasteiger partial charge on any atom is -0.497 e. The average molecular weight is 180 g/mol. The van der Waals surface area contributed by atoms with Crippen molar-refractivity contribution < 1.29 is 9.84 Å². The molecule has 0 aliphatic heterocycles. The molecule has 0 aromatic heterocycles. The molecule has 72 valence electrons. The molecule has 2 nitrogen and oxygen atoms in total. The predicted molar refractivity (Wildman–Crippen MR) is 53.1 cm³/mol. The maximum absolute atomic E-state index is 8.69. The fraction of sp³-hybridized carbons (Fsp3) is 0.455. The lowest BCUT2D eigenvalue weighted by atomic mass is 10.1. The molecule has 0 saturated carbocycles. The average Bonchev–Trinajstić information content (AvgIpc) is 2.14. The molecule has 0 aliphatic carbocycles. The van der Waals surface area contributed by atoms with E-state index < -0.39 is 0 Å². The van der Waals surface area contributed by atoms with Gasteiger partial charge in [0.2, 0.25) is 0 Å². The van der Waals surface area contributed by atoms with Crippen molar-refractivity contribution >= 4 is 0 Å². The monoisotopic (exact) mass is 180 g/mol. The Morgan fingerprint density at radius 1 is 1.31 bits per heavy atom. The van der Waals surface area contributed by atoms with Crippen LogP contribution in [0.5, 0.6) is 5.75 Å². The molecule has 2 heteroatoms. The van der Waals surface area contributed by atoms with E-state index in [1.807, 2.05) is 19.1 Å². The van der Waals surface area contributed by atoms with Crippen LogP contribution in [0.15, 0.2) is 18.2 Å². The zero-order chi connectivity index (χ0) is 9.68. The second-order valence-corrected chi connectivity index (χ2v) is 3.19. The van der Waals surface area contributed by atoms with Gasteiger partial charge in [-0.3, -0.25) is 0 Å². The normalized spacial score (nSPS) is 10.1. The van der Waals surface area contributed by atoms with Crippen molar-refractivity contribution in [3.05, 3.63) is 29.3 Å². The zero-order valence-corrected chi connectivity index (χ0v) is 8.21. The molecule has 0 amide bonds. The maximum atomic E-state index is 8.69. The van der Waals surface area contributed by atoms with Gasteiger partial charge in [-0.2, -0.15) is 0 Å². The van der Waals surface area contributed by atoms with Crippen LogP contribution in [0.25, 0.3) is 0 Å². The van der Waals surface area contributed by atoms with Crippen LogP contribution in [-0.2, 0) is 6.42 Å². The highest BCUT2D eigenvalue weighted by Crippen LogP contribution is 2.17. The quantitative estimate of drug-likeness (QED) is 0.767. The number of aryl methyl sites for hydroxylation is 2. The Hall–Kier alpha value is -1.02. The van der Waals surface area contributed by atoms with E-state index in [1.165, 1.54) is 11.1 Å². The van der Waals surface area contributed by atoms with E-state index in [4.69, 9.17) is 9.84 Å². The second-order valence-electron chi connectivity index (χ2n) is 3.19.